The van der Waals surface area contributed by atoms with Gasteiger partial charge in [-0.05, 0) is 55.2 Å². The van der Waals surface area contributed by atoms with E-state index < -0.39 is 0 Å². The normalized spacial score (nSPS) is 29.3. The van der Waals surface area contributed by atoms with Crippen LogP contribution in [0.1, 0.15) is 44.6 Å². The highest BCUT2D eigenvalue weighted by atomic mass is 35.5. The zero-order valence-electron chi connectivity index (χ0n) is 10.0. The van der Waals surface area contributed by atoms with Gasteiger partial charge in [0.2, 0.25) is 0 Å². The van der Waals surface area contributed by atoms with Gasteiger partial charge in [-0.25, -0.2) is 0 Å². The van der Waals surface area contributed by atoms with Gasteiger partial charge in [0, 0.05) is 0 Å². The number of aliphatic hydroxyl groups is 1. The summed E-state index contributed by atoms with van der Waals surface area (Å²) < 4.78 is 0. The summed E-state index contributed by atoms with van der Waals surface area (Å²) >= 11 is 12.0. The minimum Gasteiger partial charge on any atom is -0.393 e. The maximum absolute atomic E-state index is 9.90. The molecular weight excluding hydrogens is 255 g/mol. The summed E-state index contributed by atoms with van der Waals surface area (Å²) in [5.41, 5.74) is 1.29. The Labute approximate surface area is 113 Å². The topological polar surface area (TPSA) is 20.2 Å². The van der Waals surface area contributed by atoms with E-state index >= 15 is 0 Å². The van der Waals surface area contributed by atoms with Crippen molar-refractivity contribution in [3.8, 4) is 0 Å². The fourth-order valence-corrected chi connectivity index (χ4v) is 3.24. The van der Waals surface area contributed by atoms with Crippen molar-refractivity contribution in [3.63, 3.8) is 0 Å². The van der Waals surface area contributed by atoms with Gasteiger partial charge in [-0.1, -0.05) is 36.2 Å². The predicted molar refractivity (Wildman–Crippen MR) is 72.9 cm³/mol. The van der Waals surface area contributed by atoms with E-state index in [4.69, 9.17) is 23.2 Å². The molecule has 1 saturated carbocycles. The van der Waals surface area contributed by atoms with Crippen molar-refractivity contribution >= 4 is 23.2 Å². The molecule has 0 aromatic heterocycles. The summed E-state index contributed by atoms with van der Waals surface area (Å²) in [6.45, 7) is 2.18. The third-order valence-corrected chi connectivity index (χ3v) is 4.77. The van der Waals surface area contributed by atoms with Gasteiger partial charge in [0.1, 0.15) is 0 Å². The van der Waals surface area contributed by atoms with Gasteiger partial charge in [0.15, 0.2) is 0 Å². The second-order valence-electron chi connectivity index (χ2n) is 5.01. The number of hydrogen-bond donors (Lipinski definition) is 1. The molecule has 1 N–H and O–H groups in total. The summed E-state index contributed by atoms with van der Waals surface area (Å²) in [6, 6.07) is 5.87. The third-order valence-electron chi connectivity index (χ3n) is 4.03. The van der Waals surface area contributed by atoms with Crippen LogP contribution in [-0.4, -0.2) is 11.2 Å². The highest BCUT2D eigenvalue weighted by Gasteiger charge is 2.35. The van der Waals surface area contributed by atoms with Crippen LogP contribution < -0.4 is 0 Å². The molecule has 1 aliphatic carbocycles. The Balaban J connectivity index is 2.36. The van der Waals surface area contributed by atoms with E-state index in [0.29, 0.717) is 10.0 Å². The van der Waals surface area contributed by atoms with Gasteiger partial charge in [0.25, 0.3) is 0 Å². The van der Waals surface area contributed by atoms with Crippen LogP contribution in [0.2, 0.25) is 10.0 Å². The molecule has 1 aromatic carbocycles. The van der Waals surface area contributed by atoms with Crippen molar-refractivity contribution in [1.82, 2.24) is 0 Å². The molecule has 0 heterocycles. The van der Waals surface area contributed by atoms with Crippen LogP contribution in [0.4, 0.5) is 0 Å². The molecule has 1 fully saturated rings. The molecule has 2 rings (SSSR count). The molecule has 1 nitrogen and oxygen atoms in total. The molecule has 3 heteroatoms. The Morgan fingerprint density at radius 2 is 2.12 bits per heavy atom. The number of rotatable bonds is 2. The van der Waals surface area contributed by atoms with Crippen molar-refractivity contribution in [1.29, 1.82) is 0 Å². The minimum atomic E-state index is -0.182. The SMILES string of the molecule is CC[C@]1(c2ccc(Cl)c(Cl)c2)CCC[C@@H](O)C1. The lowest BCUT2D eigenvalue weighted by atomic mass is 9.67. The van der Waals surface area contributed by atoms with E-state index in [0.717, 1.165) is 32.1 Å². The van der Waals surface area contributed by atoms with Crippen molar-refractivity contribution in [2.45, 2.75) is 50.5 Å². The van der Waals surface area contributed by atoms with Crippen LogP contribution in [0.3, 0.4) is 0 Å². The molecular formula is C14H18Cl2O. The summed E-state index contributed by atoms with van der Waals surface area (Å²) in [6.07, 6.45) is 4.80. The van der Waals surface area contributed by atoms with E-state index in [1.807, 2.05) is 12.1 Å². The van der Waals surface area contributed by atoms with Gasteiger partial charge in [-0.2, -0.15) is 0 Å². The first-order valence-electron chi connectivity index (χ1n) is 6.21. The number of benzene rings is 1. The highest BCUT2D eigenvalue weighted by Crippen LogP contribution is 2.43. The van der Waals surface area contributed by atoms with Gasteiger partial charge < -0.3 is 5.11 Å². The first-order valence-corrected chi connectivity index (χ1v) is 6.96. The molecule has 0 radical (unpaired) electrons. The number of halogens is 2. The third kappa shape index (κ3) is 2.62. The van der Waals surface area contributed by atoms with E-state index in [2.05, 4.69) is 13.0 Å². The second kappa shape index (κ2) is 5.17. The fourth-order valence-electron chi connectivity index (χ4n) is 2.94. The maximum atomic E-state index is 9.90. The zero-order valence-corrected chi connectivity index (χ0v) is 11.6. The van der Waals surface area contributed by atoms with Crippen LogP contribution in [-0.2, 0) is 5.41 Å². The molecule has 2 atom stereocenters. The summed E-state index contributed by atoms with van der Waals surface area (Å²) in [7, 11) is 0. The Kier molecular flexibility index (Phi) is 4.02. The molecule has 0 saturated heterocycles. The largest absolute Gasteiger partial charge is 0.393 e. The van der Waals surface area contributed by atoms with Gasteiger partial charge in [-0.15, -0.1) is 0 Å². The maximum Gasteiger partial charge on any atom is 0.0595 e. The van der Waals surface area contributed by atoms with Gasteiger partial charge in [-0.3, -0.25) is 0 Å². The van der Waals surface area contributed by atoms with Crippen molar-refractivity contribution in [2.75, 3.05) is 0 Å². The Bertz CT molecular complexity index is 405. The van der Waals surface area contributed by atoms with Crippen molar-refractivity contribution < 1.29 is 5.11 Å². The lowest BCUT2D eigenvalue weighted by molar-refractivity contribution is 0.0825. The van der Waals surface area contributed by atoms with Gasteiger partial charge >= 0.3 is 0 Å². The molecule has 0 amide bonds. The summed E-state index contributed by atoms with van der Waals surface area (Å²) in [5, 5.41) is 11.1. The van der Waals surface area contributed by atoms with Crippen LogP contribution in [0, 0.1) is 0 Å². The van der Waals surface area contributed by atoms with Gasteiger partial charge in [0.05, 0.1) is 16.1 Å². The summed E-state index contributed by atoms with van der Waals surface area (Å²) in [5.74, 6) is 0. The molecule has 0 spiro atoms. The monoisotopic (exact) mass is 272 g/mol. The molecule has 17 heavy (non-hydrogen) atoms. The molecule has 1 aromatic rings. The minimum absolute atomic E-state index is 0.0753. The lowest BCUT2D eigenvalue weighted by Crippen LogP contribution is -2.34. The summed E-state index contributed by atoms with van der Waals surface area (Å²) in [4.78, 5) is 0. The first-order chi connectivity index (χ1) is 8.07. The number of hydrogen-bond acceptors (Lipinski definition) is 1. The van der Waals surface area contributed by atoms with E-state index in [1.54, 1.807) is 0 Å². The lowest BCUT2D eigenvalue weighted by Gasteiger charge is -2.39. The van der Waals surface area contributed by atoms with E-state index in [-0.39, 0.29) is 11.5 Å². The van der Waals surface area contributed by atoms with Crippen LogP contribution in [0.25, 0.3) is 0 Å². The molecule has 0 bridgehead atoms. The smallest absolute Gasteiger partial charge is 0.0595 e. The molecule has 1 aliphatic rings. The Hall–Kier alpha value is -0.240. The predicted octanol–water partition coefficient (Wildman–Crippen LogP) is 4.58. The Morgan fingerprint density at radius 1 is 1.35 bits per heavy atom. The highest BCUT2D eigenvalue weighted by molar-refractivity contribution is 6.42. The van der Waals surface area contributed by atoms with E-state index in [1.165, 1.54) is 5.56 Å². The standard InChI is InChI=1S/C14H18Cl2O/c1-2-14(7-3-4-11(17)9-14)10-5-6-12(15)13(16)8-10/h5-6,8,11,17H,2-4,7,9H2,1H3/t11-,14+/m1/s1. The fraction of sp³-hybridized carbons (Fsp3) is 0.571. The second-order valence-corrected chi connectivity index (χ2v) is 5.83. The van der Waals surface area contributed by atoms with E-state index in [9.17, 15) is 5.11 Å². The quantitative estimate of drug-likeness (QED) is 0.836. The molecule has 0 aliphatic heterocycles. The zero-order chi connectivity index (χ0) is 12.5. The average Bonchev–Trinajstić information content (AvgIpc) is 2.32. The molecule has 0 unspecified atom stereocenters. The van der Waals surface area contributed by atoms with Crippen molar-refractivity contribution in [2.24, 2.45) is 0 Å². The Morgan fingerprint density at radius 3 is 2.71 bits per heavy atom. The average molecular weight is 273 g/mol. The van der Waals surface area contributed by atoms with Crippen LogP contribution >= 0.6 is 23.2 Å². The number of aliphatic hydroxyl groups excluding tert-OH is 1. The van der Waals surface area contributed by atoms with Crippen LogP contribution in [0.5, 0.6) is 0 Å². The van der Waals surface area contributed by atoms with Crippen molar-refractivity contribution in [3.05, 3.63) is 33.8 Å². The van der Waals surface area contributed by atoms with Crippen LogP contribution in [0.15, 0.2) is 18.2 Å². The molecule has 94 valence electrons. The first kappa shape index (κ1) is 13.2.